The van der Waals surface area contributed by atoms with Gasteiger partial charge in [0.05, 0.1) is 17.3 Å². The maximum Gasteiger partial charge on any atom is 0.119 e. The smallest absolute Gasteiger partial charge is 0.119 e. The van der Waals surface area contributed by atoms with Crippen LogP contribution in [-0.2, 0) is 0 Å². The van der Waals surface area contributed by atoms with Crippen LogP contribution in [0.4, 0.5) is 0 Å². The first-order valence-corrected chi connectivity index (χ1v) is 7.89. The molecule has 0 aliphatic carbocycles. The number of aryl methyl sites for hydroxylation is 1. The summed E-state index contributed by atoms with van der Waals surface area (Å²) in [6.07, 6.45) is 0. The Morgan fingerprint density at radius 1 is 1.20 bits per heavy atom. The fourth-order valence-electron chi connectivity index (χ4n) is 2.16. The third kappa shape index (κ3) is 3.81. The molecule has 0 amide bonds. The highest BCUT2D eigenvalue weighted by Crippen LogP contribution is 2.22. The fraction of sp³-hybridized carbons (Fsp3) is 0.438. The van der Waals surface area contributed by atoms with Crippen molar-refractivity contribution in [3.63, 3.8) is 0 Å². The monoisotopic (exact) mass is 290 g/mol. The summed E-state index contributed by atoms with van der Waals surface area (Å²) in [5.41, 5.74) is 2.37. The van der Waals surface area contributed by atoms with Crippen molar-refractivity contribution in [1.29, 1.82) is 0 Å². The first-order chi connectivity index (χ1) is 9.60. The molecule has 0 aliphatic heterocycles. The first kappa shape index (κ1) is 15.0. The highest BCUT2D eigenvalue weighted by Gasteiger charge is 2.13. The molecular formula is C16H22N2OS. The molecule has 1 aromatic carbocycles. The molecule has 0 aliphatic rings. The van der Waals surface area contributed by atoms with Crippen molar-refractivity contribution < 1.29 is 4.74 Å². The zero-order valence-corrected chi connectivity index (χ0v) is 13.3. The zero-order chi connectivity index (χ0) is 14.5. The van der Waals surface area contributed by atoms with E-state index in [1.54, 1.807) is 11.3 Å². The minimum atomic E-state index is 0.251. The standard InChI is InChI=1S/C16H22N2OS/c1-5-19-15-8-6-14(7-9-15)11(2)17-12(3)16-10-20-13(4)18-16/h6-12,17H,5H2,1-4H3. The summed E-state index contributed by atoms with van der Waals surface area (Å²) < 4.78 is 5.46. The van der Waals surface area contributed by atoms with Gasteiger partial charge in [0.25, 0.3) is 0 Å². The largest absolute Gasteiger partial charge is 0.494 e. The number of aromatic nitrogens is 1. The van der Waals surface area contributed by atoms with Gasteiger partial charge in [0.15, 0.2) is 0 Å². The van der Waals surface area contributed by atoms with E-state index in [1.165, 1.54) is 5.56 Å². The molecule has 0 saturated carbocycles. The highest BCUT2D eigenvalue weighted by molar-refractivity contribution is 7.09. The van der Waals surface area contributed by atoms with Crippen molar-refractivity contribution in [2.24, 2.45) is 0 Å². The first-order valence-electron chi connectivity index (χ1n) is 7.01. The van der Waals surface area contributed by atoms with Crippen LogP contribution in [0.2, 0.25) is 0 Å². The average Bonchev–Trinajstić information content (AvgIpc) is 2.86. The van der Waals surface area contributed by atoms with Crippen molar-refractivity contribution >= 4 is 11.3 Å². The summed E-state index contributed by atoms with van der Waals surface area (Å²) in [5, 5.41) is 6.82. The van der Waals surface area contributed by atoms with Crippen LogP contribution < -0.4 is 10.1 Å². The van der Waals surface area contributed by atoms with E-state index in [1.807, 2.05) is 26.0 Å². The van der Waals surface area contributed by atoms with E-state index in [0.29, 0.717) is 6.61 Å². The molecule has 1 heterocycles. The number of hydrogen-bond donors (Lipinski definition) is 1. The molecule has 2 unspecified atom stereocenters. The molecule has 0 saturated heterocycles. The molecule has 3 nitrogen and oxygen atoms in total. The topological polar surface area (TPSA) is 34.1 Å². The molecule has 2 atom stereocenters. The molecule has 0 bridgehead atoms. The van der Waals surface area contributed by atoms with Crippen LogP contribution in [0.25, 0.3) is 0 Å². The van der Waals surface area contributed by atoms with Crippen LogP contribution in [0.5, 0.6) is 5.75 Å². The number of hydrogen-bond acceptors (Lipinski definition) is 4. The molecule has 2 aromatic rings. The van der Waals surface area contributed by atoms with E-state index in [4.69, 9.17) is 4.74 Å². The lowest BCUT2D eigenvalue weighted by molar-refractivity contribution is 0.340. The second-order valence-electron chi connectivity index (χ2n) is 4.90. The summed E-state index contributed by atoms with van der Waals surface area (Å²) in [7, 11) is 0. The fourth-order valence-corrected chi connectivity index (χ4v) is 2.86. The van der Waals surface area contributed by atoms with Gasteiger partial charge in [0.2, 0.25) is 0 Å². The minimum Gasteiger partial charge on any atom is -0.494 e. The lowest BCUT2D eigenvalue weighted by atomic mass is 10.1. The third-order valence-corrected chi connectivity index (χ3v) is 4.06. The SMILES string of the molecule is CCOc1ccc(C(C)NC(C)c2csc(C)n2)cc1. The molecule has 1 aromatic heterocycles. The zero-order valence-electron chi connectivity index (χ0n) is 12.5. The predicted molar refractivity (Wildman–Crippen MR) is 84.4 cm³/mol. The number of ether oxygens (including phenoxy) is 1. The van der Waals surface area contributed by atoms with Crippen LogP contribution in [-0.4, -0.2) is 11.6 Å². The van der Waals surface area contributed by atoms with Gasteiger partial charge >= 0.3 is 0 Å². The van der Waals surface area contributed by atoms with E-state index in [2.05, 4.69) is 41.7 Å². The Hall–Kier alpha value is -1.39. The predicted octanol–water partition coefficient (Wildman–Crippen LogP) is 4.26. The maximum atomic E-state index is 5.46. The van der Waals surface area contributed by atoms with Crippen LogP contribution >= 0.6 is 11.3 Å². The second-order valence-corrected chi connectivity index (χ2v) is 5.97. The number of benzene rings is 1. The van der Waals surface area contributed by atoms with E-state index >= 15 is 0 Å². The van der Waals surface area contributed by atoms with Gasteiger partial charge in [-0.2, -0.15) is 0 Å². The minimum absolute atomic E-state index is 0.251. The molecule has 0 fully saturated rings. The Kier molecular flexibility index (Phi) is 5.15. The number of rotatable bonds is 6. The van der Waals surface area contributed by atoms with Gasteiger partial charge in [0, 0.05) is 17.5 Å². The summed E-state index contributed by atoms with van der Waals surface area (Å²) in [4.78, 5) is 4.53. The Bertz CT molecular complexity index is 536. The summed E-state index contributed by atoms with van der Waals surface area (Å²) >= 11 is 1.70. The molecule has 2 rings (SSSR count). The van der Waals surface area contributed by atoms with Crippen molar-refractivity contribution in [3.8, 4) is 5.75 Å². The normalized spacial score (nSPS) is 14.0. The second kappa shape index (κ2) is 6.86. The van der Waals surface area contributed by atoms with Crippen LogP contribution in [0.3, 0.4) is 0 Å². The Morgan fingerprint density at radius 2 is 1.90 bits per heavy atom. The molecular weight excluding hydrogens is 268 g/mol. The van der Waals surface area contributed by atoms with Crippen LogP contribution in [0, 0.1) is 6.92 Å². The van der Waals surface area contributed by atoms with Gasteiger partial charge in [0.1, 0.15) is 5.75 Å². The number of nitrogens with zero attached hydrogens (tertiary/aromatic N) is 1. The van der Waals surface area contributed by atoms with Crippen LogP contribution in [0.1, 0.15) is 49.1 Å². The number of thiazole rings is 1. The van der Waals surface area contributed by atoms with Gasteiger partial charge in [-0.15, -0.1) is 11.3 Å². The summed E-state index contributed by atoms with van der Waals surface area (Å²) in [5.74, 6) is 0.923. The van der Waals surface area contributed by atoms with E-state index in [-0.39, 0.29) is 12.1 Å². The molecule has 20 heavy (non-hydrogen) atoms. The Morgan fingerprint density at radius 3 is 2.45 bits per heavy atom. The van der Waals surface area contributed by atoms with E-state index < -0.39 is 0 Å². The molecule has 0 spiro atoms. The van der Waals surface area contributed by atoms with Crippen molar-refractivity contribution in [3.05, 3.63) is 45.9 Å². The van der Waals surface area contributed by atoms with Crippen molar-refractivity contribution in [2.45, 2.75) is 39.8 Å². The van der Waals surface area contributed by atoms with E-state index in [9.17, 15) is 0 Å². The van der Waals surface area contributed by atoms with Crippen LogP contribution in [0.15, 0.2) is 29.6 Å². The van der Waals surface area contributed by atoms with Crippen molar-refractivity contribution in [1.82, 2.24) is 10.3 Å². The van der Waals surface area contributed by atoms with Gasteiger partial charge in [-0.3, -0.25) is 0 Å². The Balaban J connectivity index is 1.98. The van der Waals surface area contributed by atoms with Gasteiger partial charge in [-0.25, -0.2) is 4.98 Å². The van der Waals surface area contributed by atoms with Gasteiger partial charge in [-0.1, -0.05) is 12.1 Å². The third-order valence-electron chi connectivity index (χ3n) is 3.27. The van der Waals surface area contributed by atoms with E-state index in [0.717, 1.165) is 16.5 Å². The lowest BCUT2D eigenvalue weighted by Crippen LogP contribution is -2.22. The maximum absolute atomic E-state index is 5.46. The number of nitrogens with one attached hydrogen (secondary N) is 1. The summed E-state index contributed by atoms with van der Waals surface area (Å²) in [6.45, 7) is 9.06. The molecule has 0 radical (unpaired) electrons. The quantitative estimate of drug-likeness (QED) is 0.863. The average molecular weight is 290 g/mol. The van der Waals surface area contributed by atoms with Gasteiger partial charge < -0.3 is 10.1 Å². The molecule has 108 valence electrons. The van der Waals surface area contributed by atoms with Crippen molar-refractivity contribution in [2.75, 3.05) is 6.61 Å². The molecule has 4 heteroatoms. The molecule has 1 N–H and O–H groups in total. The Labute approximate surface area is 125 Å². The summed E-state index contributed by atoms with van der Waals surface area (Å²) in [6, 6.07) is 8.80. The highest BCUT2D eigenvalue weighted by atomic mass is 32.1. The van der Waals surface area contributed by atoms with Gasteiger partial charge in [-0.05, 0) is 45.4 Å². The lowest BCUT2D eigenvalue weighted by Gasteiger charge is -2.19.